The lowest BCUT2D eigenvalue weighted by Gasteiger charge is -2.27. The smallest absolute Gasteiger partial charge is 0.295 e. The van der Waals surface area contributed by atoms with Gasteiger partial charge < -0.3 is 19.7 Å². The summed E-state index contributed by atoms with van der Waals surface area (Å²) >= 11 is 0. The normalized spacial score (nSPS) is 13.6. The Labute approximate surface area is 191 Å². The van der Waals surface area contributed by atoms with Gasteiger partial charge in [0.25, 0.3) is 17.4 Å². The fraction of sp³-hybridized carbons (Fsp3) is 0.292. The first kappa shape index (κ1) is 22.3. The van der Waals surface area contributed by atoms with Crippen molar-refractivity contribution < 1.29 is 19.1 Å². The predicted octanol–water partition coefficient (Wildman–Crippen LogP) is 1.97. The van der Waals surface area contributed by atoms with E-state index in [-0.39, 0.29) is 23.8 Å². The number of ether oxygens (including phenoxy) is 2. The fourth-order valence-electron chi connectivity index (χ4n) is 3.74. The summed E-state index contributed by atoms with van der Waals surface area (Å²) in [6, 6.07) is 16.0. The van der Waals surface area contributed by atoms with Gasteiger partial charge in [0.1, 0.15) is 11.4 Å². The summed E-state index contributed by atoms with van der Waals surface area (Å²) in [6.45, 7) is 3.42. The van der Waals surface area contributed by atoms with Gasteiger partial charge in [-0.05, 0) is 31.2 Å². The number of morpholine rings is 1. The molecule has 172 valence electrons. The van der Waals surface area contributed by atoms with Crippen LogP contribution in [0.1, 0.15) is 16.1 Å². The van der Waals surface area contributed by atoms with Gasteiger partial charge in [-0.2, -0.15) is 0 Å². The third-order valence-electron chi connectivity index (χ3n) is 5.59. The van der Waals surface area contributed by atoms with E-state index in [0.717, 1.165) is 0 Å². The Morgan fingerprint density at radius 1 is 1.03 bits per heavy atom. The van der Waals surface area contributed by atoms with Crippen LogP contribution >= 0.6 is 0 Å². The second-order valence-corrected chi connectivity index (χ2v) is 7.67. The van der Waals surface area contributed by atoms with Crippen molar-refractivity contribution in [1.29, 1.82) is 0 Å². The Hall–Kier alpha value is -3.85. The van der Waals surface area contributed by atoms with Gasteiger partial charge in [-0.3, -0.25) is 19.1 Å². The van der Waals surface area contributed by atoms with Crippen LogP contribution < -0.4 is 15.6 Å². The highest BCUT2D eigenvalue weighted by atomic mass is 16.5. The number of hydrogen-bond donors (Lipinski definition) is 1. The molecule has 3 aromatic rings. The van der Waals surface area contributed by atoms with E-state index in [1.807, 2.05) is 30.3 Å². The van der Waals surface area contributed by atoms with E-state index in [4.69, 9.17) is 9.47 Å². The first-order chi connectivity index (χ1) is 16.0. The van der Waals surface area contributed by atoms with Crippen LogP contribution in [0.2, 0.25) is 0 Å². The van der Waals surface area contributed by atoms with Crippen molar-refractivity contribution >= 4 is 17.5 Å². The molecule has 1 aromatic heterocycles. The molecule has 0 aliphatic carbocycles. The molecule has 1 aliphatic heterocycles. The van der Waals surface area contributed by atoms with Gasteiger partial charge in [-0.15, -0.1) is 0 Å². The number of aromatic nitrogens is 2. The van der Waals surface area contributed by atoms with Crippen molar-refractivity contribution in [2.45, 2.75) is 6.92 Å². The van der Waals surface area contributed by atoms with Gasteiger partial charge >= 0.3 is 0 Å². The topological polar surface area (TPSA) is 94.8 Å². The molecule has 2 amide bonds. The zero-order chi connectivity index (χ0) is 23.4. The highest BCUT2D eigenvalue weighted by Crippen LogP contribution is 2.21. The summed E-state index contributed by atoms with van der Waals surface area (Å²) in [7, 11) is 1.75. The van der Waals surface area contributed by atoms with Crippen molar-refractivity contribution in [3.8, 4) is 11.4 Å². The summed E-state index contributed by atoms with van der Waals surface area (Å²) in [4.78, 5) is 40.2. The SMILES string of the molecule is Cc1c(NC(=O)COc2ccccc2C(=O)N2CCOCC2)c(=O)n(-c2ccccc2)n1C. The molecule has 0 radical (unpaired) electrons. The number of nitrogens with zero attached hydrogens (tertiary/aromatic N) is 3. The summed E-state index contributed by atoms with van der Waals surface area (Å²) in [6.07, 6.45) is 0. The number of rotatable bonds is 6. The van der Waals surface area contributed by atoms with E-state index in [9.17, 15) is 14.4 Å². The number of carbonyl (C=O) groups excluding carboxylic acids is 2. The zero-order valence-electron chi connectivity index (χ0n) is 18.6. The van der Waals surface area contributed by atoms with Gasteiger partial charge in [0, 0.05) is 20.1 Å². The molecule has 0 bridgehead atoms. The molecule has 9 nitrogen and oxygen atoms in total. The summed E-state index contributed by atoms with van der Waals surface area (Å²) in [5, 5.41) is 2.66. The lowest BCUT2D eigenvalue weighted by molar-refractivity contribution is -0.118. The van der Waals surface area contributed by atoms with Crippen LogP contribution in [0.5, 0.6) is 5.75 Å². The molecular weight excluding hydrogens is 424 g/mol. The minimum absolute atomic E-state index is 0.168. The van der Waals surface area contributed by atoms with Crippen molar-refractivity contribution in [3.63, 3.8) is 0 Å². The third kappa shape index (κ3) is 4.68. The first-order valence-electron chi connectivity index (χ1n) is 10.7. The number of anilines is 1. The van der Waals surface area contributed by atoms with Crippen LogP contribution in [-0.2, 0) is 16.6 Å². The van der Waals surface area contributed by atoms with Gasteiger partial charge in [0.2, 0.25) is 0 Å². The molecule has 1 N–H and O–H groups in total. The molecule has 2 heterocycles. The zero-order valence-corrected chi connectivity index (χ0v) is 18.6. The quantitative estimate of drug-likeness (QED) is 0.620. The van der Waals surface area contributed by atoms with E-state index >= 15 is 0 Å². The first-order valence-corrected chi connectivity index (χ1v) is 10.7. The van der Waals surface area contributed by atoms with E-state index in [1.165, 1.54) is 4.68 Å². The van der Waals surface area contributed by atoms with E-state index in [0.29, 0.717) is 49.0 Å². The molecule has 4 rings (SSSR count). The monoisotopic (exact) mass is 450 g/mol. The fourth-order valence-corrected chi connectivity index (χ4v) is 3.74. The molecule has 0 unspecified atom stereocenters. The number of para-hydroxylation sites is 2. The highest BCUT2D eigenvalue weighted by molar-refractivity contribution is 5.97. The molecule has 1 saturated heterocycles. The molecule has 0 saturated carbocycles. The summed E-state index contributed by atoms with van der Waals surface area (Å²) < 4.78 is 14.2. The lowest BCUT2D eigenvalue weighted by Crippen LogP contribution is -2.40. The molecule has 1 fully saturated rings. The Morgan fingerprint density at radius 2 is 1.70 bits per heavy atom. The largest absolute Gasteiger partial charge is 0.483 e. The Morgan fingerprint density at radius 3 is 2.42 bits per heavy atom. The van der Waals surface area contributed by atoms with Gasteiger partial charge in [-0.1, -0.05) is 30.3 Å². The van der Waals surface area contributed by atoms with Crippen molar-refractivity contribution in [2.24, 2.45) is 7.05 Å². The van der Waals surface area contributed by atoms with Gasteiger partial charge in [-0.25, -0.2) is 4.68 Å². The second-order valence-electron chi connectivity index (χ2n) is 7.67. The van der Waals surface area contributed by atoms with Gasteiger partial charge in [0.15, 0.2) is 6.61 Å². The Balaban J connectivity index is 1.47. The number of carbonyl (C=O) groups is 2. The molecule has 33 heavy (non-hydrogen) atoms. The average molecular weight is 450 g/mol. The van der Waals surface area contributed by atoms with Crippen molar-refractivity contribution in [3.05, 3.63) is 76.2 Å². The maximum absolute atomic E-state index is 13.0. The highest BCUT2D eigenvalue weighted by Gasteiger charge is 2.22. The minimum Gasteiger partial charge on any atom is -0.483 e. The Bertz CT molecular complexity index is 1210. The minimum atomic E-state index is -0.491. The average Bonchev–Trinajstić information content (AvgIpc) is 3.06. The second kappa shape index (κ2) is 9.74. The predicted molar refractivity (Wildman–Crippen MR) is 123 cm³/mol. The summed E-state index contributed by atoms with van der Waals surface area (Å²) in [5.74, 6) is -0.343. The van der Waals surface area contributed by atoms with Crippen LogP contribution in [0.4, 0.5) is 5.69 Å². The van der Waals surface area contributed by atoms with Crippen molar-refractivity contribution in [1.82, 2.24) is 14.3 Å². The lowest BCUT2D eigenvalue weighted by atomic mass is 10.1. The van der Waals surface area contributed by atoms with E-state index in [1.54, 1.807) is 47.8 Å². The van der Waals surface area contributed by atoms with Crippen LogP contribution in [-0.4, -0.2) is 59.0 Å². The van der Waals surface area contributed by atoms with Crippen LogP contribution in [0.3, 0.4) is 0 Å². The number of benzene rings is 2. The molecule has 1 aliphatic rings. The van der Waals surface area contributed by atoms with Crippen LogP contribution in [0, 0.1) is 6.92 Å². The number of amides is 2. The molecular formula is C24H26N4O5. The molecule has 2 aromatic carbocycles. The van der Waals surface area contributed by atoms with E-state index in [2.05, 4.69) is 5.32 Å². The van der Waals surface area contributed by atoms with E-state index < -0.39 is 5.91 Å². The van der Waals surface area contributed by atoms with Crippen LogP contribution in [0.25, 0.3) is 5.69 Å². The third-order valence-corrected chi connectivity index (χ3v) is 5.59. The summed E-state index contributed by atoms with van der Waals surface area (Å²) in [5.41, 5.74) is 1.54. The number of hydrogen-bond acceptors (Lipinski definition) is 5. The standard InChI is InChI=1S/C24H26N4O5/c1-17-22(24(31)28(26(17)2)18-8-4-3-5-9-18)25-21(29)16-33-20-11-7-6-10-19(20)23(30)27-12-14-32-15-13-27/h3-11H,12-16H2,1-2H3,(H,25,29). The Kier molecular flexibility index (Phi) is 6.60. The maximum Gasteiger partial charge on any atom is 0.295 e. The van der Waals surface area contributed by atoms with Gasteiger partial charge in [0.05, 0.1) is 30.2 Å². The maximum atomic E-state index is 13.0. The molecule has 9 heteroatoms. The molecule has 0 atom stereocenters. The van der Waals surface area contributed by atoms with Crippen LogP contribution in [0.15, 0.2) is 59.4 Å². The molecule has 0 spiro atoms. The van der Waals surface area contributed by atoms with Crippen molar-refractivity contribution in [2.75, 3.05) is 38.2 Å². The number of nitrogens with one attached hydrogen (secondary N) is 1.